The summed E-state index contributed by atoms with van der Waals surface area (Å²) >= 11 is 0. The molecular weight excluding hydrogens is 394 g/mol. The van der Waals surface area contributed by atoms with Gasteiger partial charge in [0.1, 0.15) is 24.9 Å². The molecule has 3 N–H and O–H groups in total. The Kier molecular flexibility index (Phi) is 4.50. The lowest BCUT2D eigenvalue weighted by molar-refractivity contribution is -0.165. The van der Waals surface area contributed by atoms with Crippen molar-refractivity contribution in [2.45, 2.75) is 37.8 Å². The maximum absolute atomic E-state index is 12.1. The third kappa shape index (κ3) is 3.12. The Bertz CT molecular complexity index is 1150. The highest BCUT2D eigenvalue weighted by Crippen LogP contribution is 2.44. The normalized spacial score (nSPS) is 28.0. The summed E-state index contributed by atoms with van der Waals surface area (Å²) in [7, 11) is 0. The van der Waals surface area contributed by atoms with Crippen LogP contribution in [-0.2, 0) is 23.7 Å². The van der Waals surface area contributed by atoms with E-state index in [2.05, 4.69) is 15.0 Å². The lowest BCUT2D eigenvalue weighted by atomic mass is 10.1. The van der Waals surface area contributed by atoms with E-state index in [1.807, 2.05) is 30.3 Å². The average molecular weight is 413 g/mol. The van der Waals surface area contributed by atoms with Crippen LogP contribution in [0.2, 0.25) is 0 Å². The fourth-order valence-electron chi connectivity index (χ4n) is 3.79. The first-order valence-electron chi connectivity index (χ1n) is 9.38. The molecule has 2 saturated heterocycles. The summed E-state index contributed by atoms with van der Waals surface area (Å²) in [4.78, 5) is 34.2. The highest BCUT2D eigenvalue weighted by molar-refractivity contribution is 5.70. The number of nitrogens with zero attached hydrogens (tertiary/aromatic N) is 3. The SMILES string of the molecule is CC(=O)OC[C@H]1O[C@@H](n2cnc3c(=O)[nH]c(N)nc32)[C@@H]2OC(c3ccccc3)O[C@@H]21. The minimum absolute atomic E-state index is 0.000645. The fraction of sp³-hybridized carbons (Fsp3) is 0.368. The van der Waals surface area contributed by atoms with Crippen molar-refractivity contribution in [2.24, 2.45) is 0 Å². The van der Waals surface area contributed by atoms with E-state index in [0.29, 0.717) is 0 Å². The van der Waals surface area contributed by atoms with E-state index in [1.54, 1.807) is 4.57 Å². The van der Waals surface area contributed by atoms with Crippen LogP contribution in [0.25, 0.3) is 11.2 Å². The third-order valence-corrected chi connectivity index (χ3v) is 5.09. The van der Waals surface area contributed by atoms with Crippen LogP contribution in [0, 0.1) is 0 Å². The predicted molar refractivity (Wildman–Crippen MR) is 102 cm³/mol. The average Bonchev–Trinajstić information content (AvgIpc) is 3.41. The minimum Gasteiger partial charge on any atom is -0.463 e. The van der Waals surface area contributed by atoms with Gasteiger partial charge in [0.2, 0.25) is 5.95 Å². The number of nitrogens with two attached hydrogens (primary N) is 1. The number of anilines is 1. The maximum Gasteiger partial charge on any atom is 0.302 e. The first-order valence-corrected chi connectivity index (χ1v) is 9.38. The summed E-state index contributed by atoms with van der Waals surface area (Å²) in [5.41, 5.74) is 6.50. The number of aromatic nitrogens is 4. The number of aromatic amines is 1. The second kappa shape index (κ2) is 7.20. The van der Waals surface area contributed by atoms with Crippen molar-refractivity contribution >= 4 is 23.1 Å². The zero-order valence-corrected chi connectivity index (χ0v) is 15.9. The van der Waals surface area contributed by atoms with Crippen LogP contribution in [0.4, 0.5) is 5.95 Å². The highest BCUT2D eigenvalue weighted by atomic mass is 16.8. The topological polar surface area (TPSA) is 144 Å². The largest absolute Gasteiger partial charge is 0.463 e. The van der Waals surface area contributed by atoms with Gasteiger partial charge in [-0.1, -0.05) is 30.3 Å². The molecule has 2 fully saturated rings. The highest BCUT2D eigenvalue weighted by Gasteiger charge is 2.54. The van der Waals surface area contributed by atoms with E-state index in [-0.39, 0.29) is 23.7 Å². The molecule has 0 amide bonds. The Hall–Kier alpha value is -3.28. The van der Waals surface area contributed by atoms with Crippen molar-refractivity contribution in [3.8, 4) is 0 Å². The molecule has 11 heteroatoms. The molecule has 1 aromatic carbocycles. The van der Waals surface area contributed by atoms with Crippen molar-refractivity contribution in [3.05, 3.63) is 52.6 Å². The number of H-pyrrole nitrogens is 1. The Balaban J connectivity index is 1.51. The molecule has 3 aromatic rings. The lowest BCUT2D eigenvalue weighted by Crippen LogP contribution is -2.32. The molecule has 5 atom stereocenters. The monoisotopic (exact) mass is 413 g/mol. The van der Waals surface area contributed by atoms with Gasteiger partial charge in [0, 0.05) is 12.5 Å². The van der Waals surface area contributed by atoms with Crippen molar-refractivity contribution in [3.63, 3.8) is 0 Å². The number of carbonyl (C=O) groups is 1. The number of imidazole rings is 1. The Morgan fingerprint density at radius 1 is 1.23 bits per heavy atom. The van der Waals surface area contributed by atoms with Crippen molar-refractivity contribution in [1.82, 2.24) is 19.5 Å². The molecule has 30 heavy (non-hydrogen) atoms. The second-order valence-corrected chi connectivity index (χ2v) is 7.09. The second-order valence-electron chi connectivity index (χ2n) is 7.09. The minimum atomic E-state index is -0.706. The Morgan fingerprint density at radius 2 is 2.00 bits per heavy atom. The molecule has 0 aliphatic carbocycles. The van der Waals surface area contributed by atoms with E-state index >= 15 is 0 Å². The van der Waals surface area contributed by atoms with Crippen molar-refractivity contribution in [1.29, 1.82) is 0 Å². The number of fused-ring (bicyclic) bond motifs is 2. The number of esters is 1. The molecule has 0 bridgehead atoms. The third-order valence-electron chi connectivity index (χ3n) is 5.09. The van der Waals surface area contributed by atoms with Gasteiger partial charge in [0.15, 0.2) is 23.7 Å². The molecule has 2 aliphatic rings. The maximum atomic E-state index is 12.1. The number of benzene rings is 1. The van der Waals surface area contributed by atoms with E-state index < -0.39 is 42.4 Å². The van der Waals surface area contributed by atoms with Crippen molar-refractivity contribution < 1.29 is 23.7 Å². The molecular formula is C19H19N5O6. The summed E-state index contributed by atoms with van der Waals surface area (Å²) < 4.78 is 25.1. The zero-order chi connectivity index (χ0) is 20.8. The van der Waals surface area contributed by atoms with Crippen LogP contribution in [0.1, 0.15) is 25.0 Å². The van der Waals surface area contributed by atoms with Crippen molar-refractivity contribution in [2.75, 3.05) is 12.3 Å². The number of nitrogens with one attached hydrogen (secondary N) is 1. The van der Waals surface area contributed by atoms with Gasteiger partial charge in [-0.05, 0) is 0 Å². The summed E-state index contributed by atoms with van der Waals surface area (Å²) in [6.45, 7) is 1.33. The van der Waals surface area contributed by atoms with Crippen LogP contribution in [0.5, 0.6) is 0 Å². The van der Waals surface area contributed by atoms with Crippen LogP contribution < -0.4 is 11.3 Å². The molecule has 156 valence electrons. The molecule has 0 radical (unpaired) electrons. The number of hydrogen-bond donors (Lipinski definition) is 2. The van der Waals surface area contributed by atoms with Crippen LogP contribution >= 0.6 is 0 Å². The molecule has 1 unspecified atom stereocenters. The standard InChI is InChI=1S/C19H19N5O6/c1-9(25)27-7-11-13-14(30-18(29-13)10-5-3-2-4-6-10)17(28-11)24-8-21-12-15(24)22-19(20)23-16(12)26/h2-6,8,11,13-14,17-18H,7H2,1H3,(H3,20,22,23,26)/t11-,13-,14-,17-,18?/m1/s1. The molecule has 2 aromatic heterocycles. The first-order chi connectivity index (χ1) is 14.5. The van der Waals surface area contributed by atoms with Gasteiger partial charge in [0.25, 0.3) is 5.56 Å². The molecule has 0 saturated carbocycles. The molecule has 11 nitrogen and oxygen atoms in total. The van der Waals surface area contributed by atoms with Gasteiger partial charge in [-0.25, -0.2) is 4.98 Å². The predicted octanol–water partition coefficient (Wildman–Crippen LogP) is 0.645. The van der Waals surface area contributed by atoms with Crippen LogP contribution in [0.15, 0.2) is 41.5 Å². The number of hydrogen-bond acceptors (Lipinski definition) is 9. The molecule has 0 spiro atoms. The van der Waals surface area contributed by atoms with Gasteiger partial charge in [-0.15, -0.1) is 0 Å². The number of nitrogen functional groups attached to an aromatic ring is 1. The molecule has 5 rings (SSSR count). The lowest BCUT2D eigenvalue weighted by Gasteiger charge is -2.21. The van der Waals surface area contributed by atoms with Gasteiger partial charge in [-0.2, -0.15) is 4.98 Å². The van der Waals surface area contributed by atoms with Crippen LogP contribution in [-0.4, -0.2) is 50.4 Å². The molecule has 4 heterocycles. The quantitative estimate of drug-likeness (QED) is 0.589. The Labute approximate surface area is 169 Å². The van der Waals surface area contributed by atoms with Gasteiger partial charge in [0.05, 0.1) is 6.33 Å². The van der Waals surface area contributed by atoms with Gasteiger partial charge >= 0.3 is 5.97 Å². The van der Waals surface area contributed by atoms with Gasteiger partial charge < -0.3 is 24.7 Å². The smallest absolute Gasteiger partial charge is 0.302 e. The van der Waals surface area contributed by atoms with Gasteiger partial charge in [-0.3, -0.25) is 19.1 Å². The Morgan fingerprint density at radius 3 is 2.77 bits per heavy atom. The fourth-order valence-corrected chi connectivity index (χ4v) is 3.79. The summed E-state index contributed by atoms with van der Waals surface area (Å²) in [6.07, 6.45) is -1.49. The van der Waals surface area contributed by atoms with E-state index in [9.17, 15) is 9.59 Å². The summed E-state index contributed by atoms with van der Waals surface area (Å²) in [5, 5.41) is 0. The number of rotatable bonds is 4. The molecule has 2 aliphatic heterocycles. The first kappa shape index (κ1) is 18.7. The van der Waals surface area contributed by atoms with E-state index in [4.69, 9.17) is 24.7 Å². The summed E-state index contributed by atoms with van der Waals surface area (Å²) in [6, 6.07) is 9.49. The zero-order valence-electron chi connectivity index (χ0n) is 15.9. The van der Waals surface area contributed by atoms with E-state index in [1.165, 1.54) is 13.3 Å². The summed E-state index contributed by atoms with van der Waals surface area (Å²) in [5.74, 6) is -0.461. The van der Waals surface area contributed by atoms with E-state index in [0.717, 1.165) is 5.56 Å². The number of ether oxygens (including phenoxy) is 4. The van der Waals surface area contributed by atoms with Crippen LogP contribution in [0.3, 0.4) is 0 Å². The number of carbonyl (C=O) groups excluding carboxylic acids is 1.